The van der Waals surface area contributed by atoms with E-state index in [0.29, 0.717) is 6.10 Å². The fourth-order valence-corrected chi connectivity index (χ4v) is 1.35. The Morgan fingerprint density at radius 1 is 1.23 bits per heavy atom. The van der Waals surface area contributed by atoms with Crippen molar-refractivity contribution >= 4 is 0 Å². The zero-order valence-corrected chi connectivity index (χ0v) is 9.44. The minimum Gasteiger partial charge on any atom is -0.379 e. The van der Waals surface area contributed by atoms with Crippen molar-refractivity contribution in [1.29, 1.82) is 0 Å². The van der Waals surface area contributed by atoms with Gasteiger partial charge in [0.25, 0.3) is 0 Å². The molecule has 0 fully saturated rings. The minimum atomic E-state index is 0.453. The quantitative estimate of drug-likeness (QED) is 0.560. The zero-order valence-electron chi connectivity index (χ0n) is 9.44. The van der Waals surface area contributed by atoms with Crippen LogP contribution >= 0.6 is 0 Å². The maximum absolute atomic E-state index is 5.64. The number of ether oxygens (including phenoxy) is 1. The molecule has 0 aromatic rings. The number of nitrogens with one attached hydrogen (secondary N) is 1. The summed E-state index contributed by atoms with van der Waals surface area (Å²) in [5.74, 6) is 0. The Kier molecular flexibility index (Phi) is 9.94. The number of unbranched alkanes of at least 4 members (excludes halogenated alkanes) is 2. The van der Waals surface area contributed by atoms with E-state index < -0.39 is 0 Å². The van der Waals surface area contributed by atoms with Gasteiger partial charge in [0, 0.05) is 6.61 Å². The fraction of sp³-hybridized carbons (Fsp3) is 1.00. The summed E-state index contributed by atoms with van der Waals surface area (Å²) in [7, 11) is 2.00. The first-order chi connectivity index (χ1) is 6.31. The first kappa shape index (κ1) is 12.9. The molecule has 0 bridgehead atoms. The van der Waals surface area contributed by atoms with E-state index >= 15 is 0 Å². The maximum Gasteiger partial charge on any atom is 0.0546 e. The molecule has 0 amide bonds. The van der Waals surface area contributed by atoms with Crippen LogP contribution < -0.4 is 5.32 Å². The topological polar surface area (TPSA) is 21.3 Å². The van der Waals surface area contributed by atoms with Crippen molar-refractivity contribution in [3.8, 4) is 0 Å². The Hall–Kier alpha value is -0.0800. The lowest BCUT2D eigenvalue weighted by Crippen LogP contribution is -2.10. The van der Waals surface area contributed by atoms with Crippen LogP contribution in [0.2, 0.25) is 0 Å². The van der Waals surface area contributed by atoms with Gasteiger partial charge in [0.15, 0.2) is 0 Å². The van der Waals surface area contributed by atoms with Gasteiger partial charge in [0.2, 0.25) is 0 Å². The van der Waals surface area contributed by atoms with Crippen molar-refractivity contribution < 1.29 is 4.74 Å². The fourth-order valence-electron chi connectivity index (χ4n) is 1.35. The average Bonchev–Trinajstić information content (AvgIpc) is 2.11. The van der Waals surface area contributed by atoms with Crippen molar-refractivity contribution in [3.63, 3.8) is 0 Å². The first-order valence-electron chi connectivity index (χ1n) is 5.57. The molecule has 0 aliphatic carbocycles. The van der Waals surface area contributed by atoms with Gasteiger partial charge in [-0.2, -0.15) is 0 Å². The van der Waals surface area contributed by atoms with E-state index in [4.69, 9.17) is 4.74 Å². The Balaban J connectivity index is 2.97. The Morgan fingerprint density at radius 3 is 2.62 bits per heavy atom. The van der Waals surface area contributed by atoms with E-state index in [0.717, 1.165) is 13.2 Å². The van der Waals surface area contributed by atoms with Crippen LogP contribution in [-0.2, 0) is 4.74 Å². The number of hydrogen-bond acceptors (Lipinski definition) is 2. The second kappa shape index (κ2) is 10.0. The first-order valence-corrected chi connectivity index (χ1v) is 5.57. The lowest BCUT2D eigenvalue weighted by Gasteiger charge is -2.11. The Morgan fingerprint density at radius 2 is 2.00 bits per heavy atom. The zero-order chi connectivity index (χ0) is 9.94. The smallest absolute Gasteiger partial charge is 0.0546 e. The molecule has 0 rings (SSSR count). The molecule has 2 heteroatoms. The normalized spacial score (nSPS) is 13.2. The summed E-state index contributed by atoms with van der Waals surface area (Å²) in [5, 5.41) is 3.15. The summed E-state index contributed by atoms with van der Waals surface area (Å²) in [6.07, 6.45) is 6.61. The highest BCUT2D eigenvalue weighted by Gasteiger charge is 1.98. The van der Waals surface area contributed by atoms with Crippen LogP contribution in [0.4, 0.5) is 0 Å². The summed E-state index contributed by atoms with van der Waals surface area (Å²) in [6.45, 7) is 6.43. The molecule has 0 heterocycles. The third kappa shape index (κ3) is 9.84. The summed E-state index contributed by atoms with van der Waals surface area (Å²) in [4.78, 5) is 0. The van der Waals surface area contributed by atoms with Gasteiger partial charge in [-0.3, -0.25) is 0 Å². The molecule has 0 spiro atoms. The molecular formula is C11H25NO. The highest BCUT2D eigenvalue weighted by atomic mass is 16.5. The highest BCUT2D eigenvalue weighted by molar-refractivity contribution is 4.49. The van der Waals surface area contributed by atoms with Gasteiger partial charge in [-0.1, -0.05) is 13.3 Å². The van der Waals surface area contributed by atoms with Crippen LogP contribution in [0, 0.1) is 0 Å². The summed E-state index contributed by atoms with van der Waals surface area (Å²) < 4.78 is 5.64. The van der Waals surface area contributed by atoms with Crippen LogP contribution in [0.5, 0.6) is 0 Å². The third-order valence-corrected chi connectivity index (χ3v) is 2.17. The molecule has 0 aromatic carbocycles. The molecular weight excluding hydrogens is 162 g/mol. The lowest BCUT2D eigenvalue weighted by molar-refractivity contribution is 0.0571. The molecule has 1 unspecified atom stereocenters. The molecule has 0 radical (unpaired) electrons. The second-order valence-electron chi connectivity index (χ2n) is 3.63. The van der Waals surface area contributed by atoms with Crippen LogP contribution in [0.1, 0.15) is 46.0 Å². The van der Waals surface area contributed by atoms with Gasteiger partial charge in [-0.05, 0) is 46.2 Å². The molecule has 80 valence electrons. The van der Waals surface area contributed by atoms with E-state index in [-0.39, 0.29) is 0 Å². The van der Waals surface area contributed by atoms with Crippen LogP contribution in [0.25, 0.3) is 0 Å². The van der Waals surface area contributed by atoms with Gasteiger partial charge in [-0.15, -0.1) is 0 Å². The van der Waals surface area contributed by atoms with E-state index in [9.17, 15) is 0 Å². The van der Waals surface area contributed by atoms with E-state index in [1.807, 2.05) is 7.05 Å². The van der Waals surface area contributed by atoms with Gasteiger partial charge < -0.3 is 10.1 Å². The van der Waals surface area contributed by atoms with Gasteiger partial charge in [0.05, 0.1) is 6.10 Å². The molecule has 1 atom stereocenters. The monoisotopic (exact) mass is 187 g/mol. The van der Waals surface area contributed by atoms with Gasteiger partial charge >= 0.3 is 0 Å². The minimum absolute atomic E-state index is 0.453. The molecule has 2 nitrogen and oxygen atoms in total. The summed E-state index contributed by atoms with van der Waals surface area (Å²) >= 11 is 0. The molecule has 0 saturated carbocycles. The average molecular weight is 187 g/mol. The van der Waals surface area contributed by atoms with Crippen LogP contribution in [0.3, 0.4) is 0 Å². The lowest BCUT2D eigenvalue weighted by atomic mass is 10.2. The van der Waals surface area contributed by atoms with Gasteiger partial charge in [0.1, 0.15) is 0 Å². The predicted octanol–water partition coefficient (Wildman–Crippen LogP) is 2.58. The SMILES string of the molecule is CCCC(C)OCCCCCNC. The van der Waals surface area contributed by atoms with Crippen LogP contribution in [-0.4, -0.2) is 26.3 Å². The summed E-state index contributed by atoms with van der Waals surface area (Å²) in [6, 6.07) is 0. The molecule has 0 saturated heterocycles. The van der Waals surface area contributed by atoms with Crippen molar-refractivity contribution in [3.05, 3.63) is 0 Å². The van der Waals surface area contributed by atoms with Crippen molar-refractivity contribution in [2.24, 2.45) is 0 Å². The molecule has 13 heavy (non-hydrogen) atoms. The summed E-state index contributed by atoms with van der Waals surface area (Å²) in [5.41, 5.74) is 0. The molecule has 0 aliphatic rings. The largest absolute Gasteiger partial charge is 0.379 e. The third-order valence-electron chi connectivity index (χ3n) is 2.17. The van der Waals surface area contributed by atoms with Crippen LogP contribution in [0.15, 0.2) is 0 Å². The van der Waals surface area contributed by atoms with Crippen molar-refractivity contribution in [2.45, 2.75) is 52.1 Å². The predicted molar refractivity (Wildman–Crippen MR) is 58.1 cm³/mol. The van der Waals surface area contributed by atoms with Crippen molar-refractivity contribution in [2.75, 3.05) is 20.2 Å². The second-order valence-corrected chi connectivity index (χ2v) is 3.63. The molecule has 0 aliphatic heterocycles. The Bertz CT molecular complexity index is 96.1. The van der Waals surface area contributed by atoms with E-state index in [1.54, 1.807) is 0 Å². The van der Waals surface area contributed by atoms with Gasteiger partial charge in [-0.25, -0.2) is 0 Å². The Labute approximate surface area is 83.1 Å². The molecule has 1 N–H and O–H groups in total. The maximum atomic E-state index is 5.64. The highest BCUT2D eigenvalue weighted by Crippen LogP contribution is 2.02. The molecule has 0 aromatic heterocycles. The van der Waals surface area contributed by atoms with Crippen molar-refractivity contribution in [1.82, 2.24) is 5.32 Å². The number of hydrogen-bond donors (Lipinski definition) is 1. The van der Waals surface area contributed by atoms with E-state index in [2.05, 4.69) is 19.2 Å². The van der Waals surface area contributed by atoms with E-state index in [1.165, 1.54) is 32.1 Å². The number of rotatable bonds is 9. The standard InChI is InChI=1S/C11H25NO/c1-4-8-11(2)13-10-7-5-6-9-12-3/h11-12H,4-10H2,1-3H3.